The van der Waals surface area contributed by atoms with Crippen LogP contribution in [0.3, 0.4) is 0 Å². The Morgan fingerprint density at radius 3 is 2.70 bits per heavy atom. The van der Waals surface area contributed by atoms with Crippen LogP contribution in [0.5, 0.6) is 0 Å². The maximum atomic E-state index is 5.67. The van der Waals surface area contributed by atoms with E-state index in [-0.39, 0.29) is 0 Å². The maximum Gasteiger partial charge on any atom is 0.0716 e. The Morgan fingerprint density at radius 1 is 1.50 bits per heavy atom. The van der Waals surface area contributed by atoms with E-state index < -0.39 is 0 Å². The number of benzene rings is 1. The molecule has 0 fully saturated rings. The van der Waals surface area contributed by atoms with Gasteiger partial charge in [0.05, 0.1) is 18.6 Å². The number of halogens is 1. The van der Waals surface area contributed by atoms with E-state index >= 15 is 0 Å². The lowest BCUT2D eigenvalue weighted by molar-refractivity contribution is 1.40. The number of hydrogen-bond acceptors (Lipinski definition) is 1. The molecule has 0 aliphatic carbocycles. The van der Waals surface area contributed by atoms with Crippen LogP contribution in [-0.4, -0.2) is 7.85 Å². The molecule has 0 aliphatic heterocycles. The van der Waals surface area contributed by atoms with Crippen molar-refractivity contribution in [3.8, 4) is 0 Å². The minimum absolute atomic E-state index is 0.501. The number of nitrogens with two attached hydrogens (primary N) is 1. The average molecular weight is 151 g/mol. The van der Waals surface area contributed by atoms with E-state index in [1.165, 1.54) is 0 Å². The lowest BCUT2D eigenvalue weighted by Crippen LogP contribution is -1.89. The monoisotopic (exact) mass is 151 g/mol. The van der Waals surface area contributed by atoms with Gasteiger partial charge in [0.15, 0.2) is 0 Å². The summed E-state index contributed by atoms with van der Waals surface area (Å²) < 4.78 is 0. The Kier molecular flexibility index (Phi) is 2.23. The summed E-state index contributed by atoms with van der Waals surface area (Å²) in [4.78, 5) is 0. The first-order valence-corrected chi connectivity index (χ1v) is 3.36. The van der Waals surface area contributed by atoms with Crippen molar-refractivity contribution in [1.82, 2.24) is 0 Å². The van der Waals surface area contributed by atoms with Gasteiger partial charge < -0.3 is 5.73 Å². The fraction of sp³-hybridized carbons (Fsp3) is 0.143. The molecule has 0 aliphatic rings. The molecule has 2 radical (unpaired) electrons. The van der Waals surface area contributed by atoms with Crippen LogP contribution in [0.25, 0.3) is 0 Å². The molecule has 0 saturated carbocycles. The highest BCUT2D eigenvalue weighted by molar-refractivity contribution is 6.33. The molecule has 0 heterocycles. The van der Waals surface area contributed by atoms with Gasteiger partial charge in [0.1, 0.15) is 0 Å². The van der Waals surface area contributed by atoms with Gasteiger partial charge in [-0.1, -0.05) is 29.6 Å². The summed E-state index contributed by atoms with van der Waals surface area (Å²) in [6, 6.07) is 5.39. The molecule has 0 amide bonds. The van der Waals surface area contributed by atoms with Crippen LogP contribution in [0.15, 0.2) is 18.2 Å². The maximum absolute atomic E-state index is 5.67. The molecule has 1 aromatic rings. The largest absolute Gasteiger partial charge is 0.398 e. The summed E-state index contributed by atoms with van der Waals surface area (Å²) in [5, 5.41) is 0.581. The molecule has 1 nitrogen and oxygen atoms in total. The minimum Gasteiger partial charge on any atom is -0.398 e. The van der Waals surface area contributed by atoms with Crippen LogP contribution < -0.4 is 5.73 Å². The Labute approximate surface area is 66.6 Å². The van der Waals surface area contributed by atoms with E-state index in [0.717, 1.165) is 5.56 Å². The first-order valence-electron chi connectivity index (χ1n) is 2.98. The SMILES string of the molecule is [B]Cc1ccc(Cl)c(N)c1. The first kappa shape index (κ1) is 7.48. The molecule has 3 heteroatoms. The van der Waals surface area contributed by atoms with Gasteiger partial charge in [0.25, 0.3) is 0 Å². The normalized spacial score (nSPS) is 9.70. The van der Waals surface area contributed by atoms with E-state index in [4.69, 9.17) is 25.2 Å². The topological polar surface area (TPSA) is 26.0 Å². The Hall–Kier alpha value is -0.625. The fourth-order valence-corrected chi connectivity index (χ4v) is 0.838. The zero-order chi connectivity index (χ0) is 7.56. The lowest BCUT2D eigenvalue weighted by Gasteiger charge is -1.99. The Bertz CT molecular complexity index is 237. The van der Waals surface area contributed by atoms with Crippen LogP contribution >= 0.6 is 11.6 Å². The van der Waals surface area contributed by atoms with Gasteiger partial charge in [-0.15, -0.1) is 0 Å². The van der Waals surface area contributed by atoms with E-state index in [9.17, 15) is 0 Å². The third kappa shape index (κ3) is 1.45. The highest BCUT2D eigenvalue weighted by Crippen LogP contribution is 2.18. The molecule has 0 aromatic heterocycles. The quantitative estimate of drug-likeness (QED) is 0.479. The predicted octanol–water partition coefficient (Wildman–Crippen LogP) is 1.59. The van der Waals surface area contributed by atoms with Crippen molar-refractivity contribution in [1.29, 1.82) is 0 Å². The molecule has 0 unspecified atom stereocenters. The fourth-order valence-electron chi connectivity index (χ4n) is 0.720. The van der Waals surface area contributed by atoms with E-state index in [1.54, 1.807) is 12.1 Å². The van der Waals surface area contributed by atoms with Crippen molar-refractivity contribution in [3.05, 3.63) is 28.8 Å². The highest BCUT2D eigenvalue weighted by Gasteiger charge is 1.94. The van der Waals surface area contributed by atoms with Crippen molar-refractivity contribution in [2.75, 3.05) is 5.73 Å². The summed E-state index contributed by atoms with van der Waals surface area (Å²) in [5.74, 6) is 0. The minimum atomic E-state index is 0.501. The molecule has 0 spiro atoms. The standard InChI is InChI=1S/C7H7BClN/c8-4-5-1-2-6(9)7(10)3-5/h1-3H,4,10H2. The molecular formula is C7H7BClN. The van der Waals surface area contributed by atoms with Crippen molar-refractivity contribution in [2.24, 2.45) is 0 Å². The first-order chi connectivity index (χ1) is 4.74. The van der Waals surface area contributed by atoms with Gasteiger partial charge in [-0.2, -0.15) is 0 Å². The van der Waals surface area contributed by atoms with Gasteiger partial charge in [0.2, 0.25) is 0 Å². The van der Waals surface area contributed by atoms with Gasteiger partial charge in [-0.3, -0.25) is 0 Å². The molecule has 10 heavy (non-hydrogen) atoms. The average Bonchev–Trinajstić information content (AvgIpc) is 1.95. The molecular weight excluding hydrogens is 144 g/mol. The molecule has 2 N–H and O–H groups in total. The second-order valence-electron chi connectivity index (χ2n) is 2.06. The number of hydrogen-bond donors (Lipinski definition) is 1. The Balaban J connectivity index is 3.04. The summed E-state index contributed by atoms with van der Waals surface area (Å²) in [6.45, 7) is 0. The number of rotatable bonds is 1. The smallest absolute Gasteiger partial charge is 0.0716 e. The van der Waals surface area contributed by atoms with Crippen LogP contribution in [0.1, 0.15) is 5.56 Å². The third-order valence-electron chi connectivity index (χ3n) is 1.30. The van der Waals surface area contributed by atoms with Crippen LogP contribution in [0, 0.1) is 0 Å². The van der Waals surface area contributed by atoms with E-state index in [1.807, 2.05) is 6.07 Å². The van der Waals surface area contributed by atoms with E-state index in [0.29, 0.717) is 17.0 Å². The predicted molar refractivity (Wildman–Crippen MR) is 45.3 cm³/mol. The summed E-state index contributed by atoms with van der Waals surface area (Å²) >= 11 is 5.67. The molecule has 0 bridgehead atoms. The van der Waals surface area contributed by atoms with Gasteiger partial charge in [-0.05, 0) is 12.1 Å². The molecule has 1 rings (SSSR count). The van der Waals surface area contributed by atoms with Gasteiger partial charge in [-0.25, -0.2) is 0 Å². The summed E-state index contributed by atoms with van der Waals surface area (Å²) in [7, 11) is 5.37. The van der Waals surface area contributed by atoms with Gasteiger partial charge in [0, 0.05) is 0 Å². The zero-order valence-corrected chi connectivity index (χ0v) is 6.23. The Morgan fingerprint density at radius 2 is 2.20 bits per heavy atom. The van der Waals surface area contributed by atoms with Crippen molar-refractivity contribution < 1.29 is 0 Å². The highest BCUT2D eigenvalue weighted by atomic mass is 35.5. The molecule has 0 saturated heterocycles. The van der Waals surface area contributed by atoms with Crippen LogP contribution in [0.2, 0.25) is 5.02 Å². The second-order valence-corrected chi connectivity index (χ2v) is 2.47. The number of nitrogen functional groups attached to an aromatic ring is 1. The molecule has 50 valence electrons. The third-order valence-corrected chi connectivity index (χ3v) is 1.64. The summed E-state index contributed by atoms with van der Waals surface area (Å²) in [5.41, 5.74) is 7.10. The molecule has 1 aromatic carbocycles. The van der Waals surface area contributed by atoms with Crippen molar-refractivity contribution >= 4 is 25.1 Å². The molecule has 0 atom stereocenters. The van der Waals surface area contributed by atoms with Crippen LogP contribution in [-0.2, 0) is 6.32 Å². The van der Waals surface area contributed by atoms with Gasteiger partial charge >= 0.3 is 0 Å². The lowest BCUT2D eigenvalue weighted by atomic mass is 9.97. The van der Waals surface area contributed by atoms with E-state index in [2.05, 4.69) is 0 Å². The number of anilines is 1. The second kappa shape index (κ2) is 2.97. The van der Waals surface area contributed by atoms with Crippen LogP contribution in [0.4, 0.5) is 5.69 Å². The zero-order valence-electron chi connectivity index (χ0n) is 5.47. The van der Waals surface area contributed by atoms with Crippen molar-refractivity contribution in [2.45, 2.75) is 6.32 Å². The summed E-state index contributed by atoms with van der Waals surface area (Å²) in [6.07, 6.45) is 0.501. The van der Waals surface area contributed by atoms with Crippen molar-refractivity contribution in [3.63, 3.8) is 0 Å².